The minimum atomic E-state index is -3.83. The molecule has 0 fully saturated rings. The van der Waals surface area contributed by atoms with Crippen LogP contribution in [0.5, 0.6) is 0 Å². The van der Waals surface area contributed by atoms with Crippen LogP contribution < -0.4 is 11.1 Å². The summed E-state index contributed by atoms with van der Waals surface area (Å²) in [6.45, 7) is 0. The van der Waals surface area contributed by atoms with Crippen molar-refractivity contribution in [3.05, 3.63) is 59.3 Å². The van der Waals surface area contributed by atoms with E-state index in [9.17, 15) is 13.2 Å². The number of nitrogens with two attached hydrogens (primary N) is 1. The number of para-hydroxylation sites is 1. The highest BCUT2D eigenvalue weighted by atomic mass is 35.5. The Labute approximate surface area is 159 Å². The molecule has 1 amide bonds. The Hall–Kier alpha value is -3.04. The maximum absolute atomic E-state index is 12.3. The standard InChI is InChI=1S/C17H14ClN3O5S/c1-27(23,24)26-21-17(19)20-16(22)11-6-4-5-10(9-11)14-12-7-2-3-8-13(12)25-15(14)18/h2-9H,1H3,(H3,19,20,21,22). The van der Waals surface area contributed by atoms with Crippen LogP contribution in [0.3, 0.4) is 0 Å². The molecule has 0 aliphatic heterocycles. The number of carbonyl (C=O) groups is 1. The van der Waals surface area contributed by atoms with Gasteiger partial charge in [0.15, 0.2) is 0 Å². The highest BCUT2D eigenvalue weighted by Crippen LogP contribution is 2.38. The van der Waals surface area contributed by atoms with Crippen LogP contribution in [-0.4, -0.2) is 26.5 Å². The van der Waals surface area contributed by atoms with E-state index in [2.05, 4.69) is 14.8 Å². The normalized spacial score (nSPS) is 12.1. The Kier molecular flexibility index (Phi) is 5.06. The number of benzene rings is 2. The van der Waals surface area contributed by atoms with Crippen molar-refractivity contribution >= 4 is 44.6 Å². The molecule has 0 unspecified atom stereocenters. The zero-order chi connectivity index (χ0) is 19.6. The number of oxime groups is 1. The molecule has 2 aromatic carbocycles. The molecular weight excluding hydrogens is 394 g/mol. The molecule has 10 heteroatoms. The number of hydrogen-bond acceptors (Lipinski definition) is 6. The zero-order valence-electron chi connectivity index (χ0n) is 14.0. The molecule has 1 aromatic heterocycles. The smallest absolute Gasteiger partial charge is 0.325 e. The number of guanidine groups is 1. The summed E-state index contributed by atoms with van der Waals surface area (Å²) in [7, 11) is -3.83. The first-order valence-corrected chi connectivity index (χ1v) is 9.75. The lowest BCUT2D eigenvalue weighted by atomic mass is 10.0. The Morgan fingerprint density at radius 1 is 1.22 bits per heavy atom. The quantitative estimate of drug-likeness (QED) is 0.389. The number of furan rings is 1. The lowest BCUT2D eigenvalue weighted by Gasteiger charge is -2.06. The van der Waals surface area contributed by atoms with Gasteiger partial charge in [-0.15, -0.1) is 0 Å². The van der Waals surface area contributed by atoms with Gasteiger partial charge in [-0.1, -0.05) is 30.3 Å². The third-order valence-corrected chi connectivity index (χ3v) is 4.09. The molecule has 8 nitrogen and oxygen atoms in total. The fourth-order valence-corrected chi connectivity index (χ4v) is 2.93. The van der Waals surface area contributed by atoms with Crippen LogP contribution in [0, 0.1) is 0 Å². The zero-order valence-corrected chi connectivity index (χ0v) is 15.5. The Balaban J connectivity index is 1.89. The Morgan fingerprint density at radius 3 is 2.70 bits per heavy atom. The summed E-state index contributed by atoms with van der Waals surface area (Å²) in [6.07, 6.45) is 0.800. The highest BCUT2D eigenvalue weighted by molar-refractivity contribution is 7.85. The van der Waals surface area contributed by atoms with Gasteiger partial charge in [-0.25, -0.2) is 0 Å². The van der Waals surface area contributed by atoms with Crippen LogP contribution in [-0.2, 0) is 14.4 Å². The molecule has 140 valence electrons. The van der Waals surface area contributed by atoms with Gasteiger partial charge in [0.05, 0.1) is 6.26 Å². The molecule has 0 aliphatic carbocycles. The molecule has 0 bridgehead atoms. The van der Waals surface area contributed by atoms with Crippen molar-refractivity contribution in [1.29, 1.82) is 0 Å². The third kappa shape index (κ3) is 4.39. The molecule has 3 aromatic rings. The summed E-state index contributed by atoms with van der Waals surface area (Å²) in [5.41, 5.74) is 7.65. The number of carbonyl (C=O) groups excluding carboxylic acids is 1. The molecular formula is C17H14ClN3O5S. The number of fused-ring (bicyclic) bond motifs is 1. The fourth-order valence-electron chi connectivity index (χ4n) is 2.42. The van der Waals surface area contributed by atoms with Crippen LogP contribution in [0.25, 0.3) is 22.1 Å². The Bertz CT molecular complexity index is 1150. The van der Waals surface area contributed by atoms with Crippen molar-refractivity contribution in [2.45, 2.75) is 0 Å². The number of amides is 1. The summed E-state index contributed by atoms with van der Waals surface area (Å²) in [6, 6.07) is 13.9. The first-order valence-electron chi connectivity index (χ1n) is 7.55. The first kappa shape index (κ1) is 18.7. The van der Waals surface area contributed by atoms with Gasteiger partial charge in [0.25, 0.3) is 5.91 Å². The monoisotopic (exact) mass is 407 g/mol. The van der Waals surface area contributed by atoms with Gasteiger partial charge in [0.2, 0.25) is 11.2 Å². The van der Waals surface area contributed by atoms with E-state index >= 15 is 0 Å². The summed E-state index contributed by atoms with van der Waals surface area (Å²) in [5, 5.41) is 6.38. The van der Waals surface area contributed by atoms with Crippen LogP contribution >= 0.6 is 11.6 Å². The lowest BCUT2D eigenvalue weighted by Crippen LogP contribution is -2.37. The van der Waals surface area contributed by atoms with Crippen molar-refractivity contribution in [2.24, 2.45) is 10.9 Å². The van der Waals surface area contributed by atoms with Crippen molar-refractivity contribution in [1.82, 2.24) is 5.32 Å². The topological polar surface area (TPSA) is 124 Å². The fraction of sp³-hybridized carbons (Fsp3) is 0.0588. The van der Waals surface area contributed by atoms with E-state index in [1.54, 1.807) is 30.3 Å². The van der Waals surface area contributed by atoms with Crippen LogP contribution in [0.2, 0.25) is 5.22 Å². The maximum Gasteiger partial charge on any atom is 0.325 e. The summed E-state index contributed by atoms with van der Waals surface area (Å²) < 4.78 is 31.5. The molecule has 27 heavy (non-hydrogen) atoms. The van der Waals surface area contributed by atoms with Gasteiger partial charge in [-0.2, -0.15) is 8.42 Å². The lowest BCUT2D eigenvalue weighted by molar-refractivity contribution is 0.0975. The van der Waals surface area contributed by atoms with Crippen molar-refractivity contribution < 1.29 is 21.9 Å². The van der Waals surface area contributed by atoms with Gasteiger partial charge in [-0.05, 0) is 40.5 Å². The molecule has 3 N–H and O–H groups in total. The largest absolute Gasteiger partial charge is 0.444 e. The summed E-state index contributed by atoms with van der Waals surface area (Å²) >= 11 is 6.22. The molecule has 0 spiro atoms. The molecule has 1 heterocycles. The van der Waals surface area contributed by atoms with Gasteiger partial charge < -0.3 is 10.2 Å². The van der Waals surface area contributed by atoms with Crippen LogP contribution in [0.15, 0.2) is 58.1 Å². The summed E-state index contributed by atoms with van der Waals surface area (Å²) in [5.74, 6) is -1.10. The SMILES string of the molecule is CS(=O)(=O)ON=C(N)NC(=O)c1cccc(-c2c(Cl)oc3ccccc23)c1. The number of hydrogen-bond donors (Lipinski definition) is 2. The molecule has 0 aliphatic rings. The molecule has 0 atom stereocenters. The van der Waals surface area contributed by atoms with Crippen LogP contribution in [0.1, 0.15) is 10.4 Å². The number of halogens is 1. The van der Waals surface area contributed by atoms with Crippen LogP contribution in [0.4, 0.5) is 0 Å². The molecule has 0 saturated heterocycles. The predicted octanol–water partition coefficient (Wildman–Crippen LogP) is 2.69. The van der Waals surface area contributed by atoms with E-state index in [0.29, 0.717) is 16.7 Å². The summed E-state index contributed by atoms with van der Waals surface area (Å²) in [4.78, 5) is 12.3. The Morgan fingerprint density at radius 2 is 1.96 bits per heavy atom. The molecule has 0 radical (unpaired) electrons. The number of nitrogens with zero attached hydrogens (tertiary/aromatic N) is 1. The number of nitrogens with one attached hydrogen (secondary N) is 1. The predicted molar refractivity (Wildman–Crippen MR) is 102 cm³/mol. The highest BCUT2D eigenvalue weighted by Gasteiger charge is 2.16. The van der Waals surface area contributed by atoms with E-state index in [-0.39, 0.29) is 10.8 Å². The van der Waals surface area contributed by atoms with Gasteiger partial charge in [0, 0.05) is 16.5 Å². The second-order valence-corrected chi connectivity index (χ2v) is 7.44. The van der Waals surface area contributed by atoms with Gasteiger partial charge >= 0.3 is 10.1 Å². The average molecular weight is 408 g/mol. The van der Waals surface area contributed by atoms with E-state index in [4.69, 9.17) is 21.8 Å². The third-order valence-electron chi connectivity index (χ3n) is 3.48. The second-order valence-electron chi connectivity index (χ2n) is 5.54. The minimum absolute atomic E-state index is 0.205. The van der Waals surface area contributed by atoms with E-state index in [1.807, 2.05) is 18.2 Å². The number of rotatable bonds is 4. The van der Waals surface area contributed by atoms with Crippen molar-refractivity contribution in [3.63, 3.8) is 0 Å². The average Bonchev–Trinajstić information content (AvgIpc) is 2.95. The first-order chi connectivity index (χ1) is 12.7. The minimum Gasteiger partial charge on any atom is -0.444 e. The van der Waals surface area contributed by atoms with Crippen molar-refractivity contribution in [2.75, 3.05) is 6.26 Å². The second kappa shape index (κ2) is 7.29. The van der Waals surface area contributed by atoms with Gasteiger partial charge in [-0.3, -0.25) is 14.4 Å². The van der Waals surface area contributed by atoms with E-state index in [1.165, 1.54) is 0 Å². The van der Waals surface area contributed by atoms with Gasteiger partial charge in [0.1, 0.15) is 5.58 Å². The maximum atomic E-state index is 12.3. The molecule has 3 rings (SSSR count). The van der Waals surface area contributed by atoms with E-state index < -0.39 is 22.0 Å². The molecule has 0 saturated carbocycles. The van der Waals surface area contributed by atoms with Crippen molar-refractivity contribution in [3.8, 4) is 11.1 Å². The van der Waals surface area contributed by atoms with E-state index in [0.717, 1.165) is 11.6 Å².